The number of rotatable bonds is 6. The van der Waals surface area contributed by atoms with Crippen LogP contribution < -0.4 is 9.47 Å². The molecule has 0 saturated heterocycles. The Bertz CT molecular complexity index is 657. The number of benzene rings is 1. The molecule has 0 fully saturated rings. The first kappa shape index (κ1) is 18.1. The van der Waals surface area contributed by atoms with Crippen molar-refractivity contribution in [1.82, 2.24) is 4.90 Å². The van der Waals surface area contributed by atoms with Crippen LogP contribution in [0.2, 0.25) is 0 Å². The number of fused-ring (bicyclic) bond motifs is 3. The maximum absolute atomic E-state index is 12.4. The summed E-state index contributed by atoms with van der Waals surface area (Å²) in [4.78, 5) is 2.45. The van der Waals surface area contributed by atoms with Crippen molar-refractivity contribution < 1.29 is 19.0 Å². The number of aliphatic hydroxyl groups excluding tert-OH is 1. The smallest absolute Gasteiger partial charge is 0.161 e. The Balaban J connectivity index is 1.89. The second-order valence-corrected chi connectivity index (χ2v) is 7.33. The topological polar surface area (TPSA) is 41.9 Å². The molecule has 138 valence electrons. The van der Waals surface area contributed by atoms with Crippen LogP contribution in [0.5, 0.6) is 11.5 Å². The van der Waals surface area contributed by atoms with Crippen molar-refractivity contribution >= 4 is 0 Å². The van der Waals surface area contributed by atoms with E-state index < -0.39 is 6.67 Å². The molecule has 25 heavy (non-hydrogen) atoms. The summed E-state index contributed by atoms with van der Waals surface area (Å²) in [6.07, 6.45) is 2.52. The summed E-state index contributed by atoms with van der Waals surface area (Å²) in [6, 6.07) is 4.15. The van der Waals surface area contributed by atoms with Crippen LogP contribution in [0.3, 0.4) is 0 Å². The van der Waals surface area contributed by atoms with Crippen LogP contribution in [0.25, 0.3) is 0 Å². The van der Waals surface area contributed by atoms with E-state index in [-0.39, 0.29) is 12.6 Å². The largest absolute Gasteiger partial charge is 0.512 e. The van der Waals surface area contributed by atoms with Gasteiger partial charge in [0, 0.05) is 25.6 Å². The zero-order chi connectivity index (χ0) is 18.0. The van der Waals surface area contributed by atoms with E-state index >= 15 is 0 Å². The van der Waals surface area contributed by atoms with Crippen molar-refractivity contribution in [3.05, 3.63) is 34.6 Å². The molecule has 1 unspecified atom stereocenters. The quantitative estimate of drug-likeness (QED) is 0.836. The monoisotopic (exact) mass is 349 g/mol. The fourth-order valence-electron chi connectivity index (χ4n) is 3.95. The molecule has 2 aliphatic heterocycles. The van der Waals surface area contributed by atoms with Gasteiger partial charge in [-0.05, 0) is 47.6 Å². The Morgan fingerprint density at radius 2 is 2.12 bits per heavy atom. The van der Waals surface area contributed by atoms with Gasteiger partial charge in [-0.25, -0.2) is 4.39 Å². The van der Waals surface area contributed by atoms with E-state index in [1.807, 2.05) is 12.1 Å². The minimum atomic E-state index is -0.520. The normalized spacial score (nSPS) is 20.4. The summed E-state index contributed by atoms with van der Waals surface area (Å²) in [5.74, 6) is 2.31. The Labute approximate surface area is 149 Å². The molecule has 0 spiro atoms. The highest BCUT2D eigenvalue weighted by Crippen LogP contribution is 2.43. The van der Waals surface area contributed by atoms with E-state index in [0.717, 1.165) is 25.9 Å². The van der Waals surface area contributed by atoms with Gasteiger partial charge in [-0.15, -0.1) is 0 Å². The first-order valence-electron chi connectivity index (χ1n) is 9.07. The molecule has 4 nitrogen and oxygen atoms in total. The lowest BCUT2D eigenvalue weighted by atomic mass is 9.85. The minimum Gasteiger partial charge on any atom is -0.512 e. The lowest BCUT2D eigenvalue weighted by molar-refractivity contribution is 0.155. The average molecular weight is 349 g/mol. The first-order chi connectivity index (χ1) is 12.0. The number of hydrogen-bond donors (Lipinski definition) is 1. The third-order valence-corrected chi connectivity index (χ3v) is 5.07. The van der Waals surface area contributed by atoms with Crippen LogP contribution in [0, 0.1) is 5.92 Å². The van der Waals surface area contributed by atoms with Crippen molar-refractivity contribution in [2.45, 2.75) is 39.2 Å². The molecule has 2 heterocycles. The number of ether oxygens (including phenoxy) is 2. The van der Waals surface area contributed by atoms with Gasteiger partial charge >= 0.3 is 0 Å². The van der Waals surface area contributed by atoms with Crippen LogP contribution in [-0.2, 0) is 6.42 Å². The first-order valence-corrected chi connectivity index (χ1v) is 9.07. The second kappa shape index (κ2) is 7.65. The van der Waals surface area contributed by atoms with Crippen LogP contribution >= 0.6 is 0 Å². The highest BCUT2D eigenvalue weighted by molar-refractivity contribution is 5.50. The van der Waals surface area contributed by atoms with E-state index in [9.17, 15) is 9.50 Å². The molecule has 0 bridgehead atoms. The lowest BCUT2D eigenvalue weighted by Crippen LogP contribution is -2.40. The van der Waals surface area contributed by atoms with Gasteiger partial charge in [0.2, 0.25) is 0 Å². The fraction of sp³-hybridized carbons (Fsp3) is 0.600. The molecule has 3 rings (SSSR count). The zero-order valence-electron chi connectivity index (χ0n) is 15.3. The third kappa shape index (κ3) is 3.76. The van der Waals surface area contributed by atoms with Gasteiger partial charge < -0.3 is 14.6 Å². The van der Waals surface area contributed by atoms with Gasteiger partial charge in [-0.3, -0.25) is 4.90 Å². The number of hydrogen-bond acceptors (Lipinski definition) is 4. The Morgan fingerprint density at radius 1 is 1.32 bits per heavy atom. The van der Waals surface area contributed by atoms with E-state index in [2.05, 4.69) is 18.7 Å². The van der Waals surface area contributed by atoms with Crippen molar-refractivity contribution in [3.8, 4) is 11.5 Å². The van der Waals surface area contributed by atoms with E-state index in [4.69, 9.17) is 9.47 Å². The summed E-state index contributed by atoms with van der Waals surface area (Å²) in [5.41, 5.74) is 3.56. The van der Waals surface area contributed by atoms with Gasteiger partial charge in [-0.1, -0.05) is 13.8 Å². The maximum Gasteiger partial charge on any atom is 0.161 e. The van der Waals surface area contributed by atoms with E-state index in [0.29, 0.717) is 29.6 Å². The SMILES string of the molecule is COc1cc2c(cc1OCCF)CCN1CC(CC(C)C)=C(O)CC21. The number of methoxy groups -OCH3 is 1. The van der Waals surface area contributed by atoms with E-state index in [1.54, 1.807) is 7.11 Å². The number of alkyl halides is 1. The Morgan fingerprint density at radius 3 is 2.80 bits per heavy atom. The van der Waals surface area contributed by atoms with Crippen molar-refractivity contribution in [3.63, 3.8) is 0 Å². The number of nitrogens with zero attached hydrogens (tertiary/aromatic N) is 1. The molecular formula is C20H28FNO3. The van der Waals surface area contributed by atoms with Gasteiger partial charge in [0.1, 0.15) is 13.3 Å². The van der Waals surface area contributed by atoms with Crippen molar-refractivity contribution in [2.75, 3.05) is 33.5 Å². The molecule has 1 atom stereocenters. The van der Waals surface area contributed by atoms with E-state index in [1.165, 1.54) is 16.7 Å². The molecular weight excluding hydrogens is 321 g/mol. The molecule has 1 aromatic rings. The minimum absolute atomic E-state index is 0.0345. The van der Waals surface area contributed by atoms with Crippen molar-refractivity contribution in [1.29, 1.82) is 0 Å². The second-order valence-electron chi connectivity index (χ2n) is 7.33. The van der Waals surface area contributed by atoms with Gasteiger partial charge in [0.25, 0.3) is 0 Å². The standard InChI is InChI=1S/C20H28FNO3/c1-13(2)8-15-12-22-6-4-14-9-20(25-7-5-21)19(24-3)10-16(14)17(22)11-18(15)23/h9-10,13,17,23H,4-8,11-12H2,1-3H3. The molecule has 2 aliphatic rings. The predicted octanol–water partition coefficient (Wildman–Crippen LogP) is 4.20. The molecule has 5 heteroatoms. The Kier molecular flexibility index (Phi) is 5.52. The van der Waals surface area contributed by atoms with Crippen LogP contribution in [-0.4, -0.2) is 43.5 Å². The maximum atomic E-state index is 12.4. The highest BCUT2D eigenvalue weighted by atomic mass is 19.1. The predicted molar refractivity (Wildman–Crippen MR) is 96.2 cm³/mol. The summed E-state index contributed by atoms with van der Waals surface area (Å²) >= 11 is 0. The summed E-state index contributed by atoms with van der Waals surface area (Å²) < 4.78 is 23.4. The average Bonchev–Trinajstić information content (AvgIpc) is 2.59. The summed E-state index contributed by atoms with van der Waals surface area (Å²) in [5, 5.41) is 10.5. The fourth-order valence-corrected chi connectivity index (χ4v) is 3.95. The summed E-state index contributed by atoms with van der Waals surface area (Å²) in [7, 11) is 1.60. The Hall–Kier alpha value is -1.75. The highest BCUT2D eigenvalue weighted by Gasteiger charge is 2.34. The summed E-state index contributed by atoms with van der Waals surface area (Å²) in [6.45, 7) is 5.67. The molecule has 1 aromatic carbocycles. The van der Waals surface area contributed by atoms with Gasteiger partial charge in [-0.2, -0.15) is 0 Å². The van der Waals surface area contributed by atoms with Gasteiger partial charge in [0.15, 0.2) is 11.5 Å². The lowest BCUT2D eigenvalue weighted by Gasteiger charge is -2.41. The molecule has 0 amide bonds. The van der Waals surface area contributed by atoms with Crippen LogP contribution in [0.1, 0.15) is 43.9 Å². The number of halogens is 1. The molecule has 0 radical (unpaired) electrons. The molecule has 0 saturated carbocycles. The van der Waals surface area contributed by atoms with Crippen molar-refractivity contribution in [2.24, 2.45) is 5.92 Å². The molecule has 0 aromatic heterocycles. The van der Waals surface area contributed by atoms with Gasteiger partial charge in [0.05, 0.1) is 12.9 Å². The van der Waals surface area contributed by atoms with Crippen LogP contribution in [0.15, 0.2) is 23.5 Å². The third-order valence-electron chi connectivity index (χ3n) is 5.07. The zero-order valence-corrected chi connectivity index (χ0v) is 15.3. The number of aliphatic hydroxyl groups is 1. The molecule has 0 aliphatic carbocycles. The van der Waals surface area contributed by atoms with Crippen LogP contribution in [0.4, 0.5) is 4.39 Å². The molecule has 1 N–H and O–H groups in total.